The maximum atomic E-state index is 2.44. The summed E-state index contributed by atoms with van der Waals surface area (Å²) < 4.78 is 4.67. The van der Waals surface area contributed by atoms with E-state index in [0.29, 0.717) is 0 Å². The fraction of sp³-hybridized carbons (Fsp3) is 1.00. The van der Waals surface area contributed by atoms with Crippen LogP contribution in [0.5, 0.6) is 0 Å². The molecular formula is C9H20PbS2. The van der Waals surface area contributed by atoms with Crippen LogP contribution in [-0.2, 0) is 0 Å². The second-order valence-electron chi connectivity index (χ2n) is 3.51. The summed E-state index contributed by atoms with van der Waals surface area (Å²) in [6.45, 7) is 7.30. The standard InChI is InChI=1S/C3H6S2.3C2H5.Pb/c4-1-3-2-5-3;3*1-2;/h3-4H,1-2H2;3*1H2,2H3;/q;;;;+1/p-1. The average Bonchev–Trinajstić information content (AvgIpc) is 2.92. The molecule has 1 aliphatic heterocycles. The summed E-state index contributed by atoms with van der Waals surface area (Å²) in [6.07, 6.45) is 0. The van der Waals surface area contributed by atoms with Gasteiger partial charge in [0.15, 0.2) is 0 Å². The van der Waals surface area contributed by atoms with Crippen LogP contribution in [0.2, 0.25) is 11.9 Å². The molecule has 1 atom stereocenters. The zero-order valence-corrected chi connectivity index (χ0v) is 13.9. The zero-order chi connectivity index (χ0) is 9.03. The normalized spacial score (nSPS) is 22.8. The minimum atomic E-state index is -1.70. The molecule has 0 amide bonds. The summed E-state index contributed by atoms with van der Waals surface area (Å²) in [5.41, 5.74) is 0. The molecule has 0 spiro atoms. The van der Waals surface area contributed by atoms with Crippen LogP contribution in [0.3, 0.4) is 0 Å². The Kier molecular flexibility index (Phi) is 5.35. The molecule has 0 aromatic carbocycles. The first-order chi connectivity index (χ1) is 5.76. The third-order valence-corrected chi connectivity index (χ3v) is 37.0. The third kappa shape index (κ3) is 3.41. The summed E-state index contributed by atoms with van der Waals surface area (Å²) in [4.78, 5) is 0. The molecule has 0 radical (unpaired) electrons. The van der Waals surface area contributed by atoms with Crippen LogP contribution >= 0.6 is 20.1 Å². The second-order valence-corrected chi connectivity index (χ2v) is 33.9. The average molecular weight is 400 g/mol. The predicted molar refractivity (Wildman–Crippen MR) is 65.9 cm³/mol. The van der Waals surface area contributed by atoms with Crippen molar-refractivity contribution in [3.63, 3.8) is 0 Å². The van der Waals surface area contributed by atoms with Crippen molar-refractivity contribution >= 4 is 39.7 Å². The zero-order valence-electron chi connectivity index (χ0n) is 8.43. The van der Waals surface area contributed by atoms with E-state index >= 15 is 0 Å². The van der Waals surface area contributed by atoms with Crippen molar-refractivity contribution in [2.75, 3.05) is 11.5 Å². The Morgan fingerprint density at radius 1 is 1.25 bits per heavy atom. The summed E-state index contributed by atoms with van der Waals surface area (Å²) in [6, 6.07) is 0. The van der Waals surface area contributed by atoms with Crippen LogP contribution in [0.1, 0.15) is 20.8 Å². The molecule has 0 aliphatic carbocycles. The van der Waals surface area contributed by atoms with Gasteiger partial charge in [-0.15, -0.1) is 0 Å². The van der Waals surface area contributed by atoms with Crippen LogP contribution in [0, 0.1) is 0 Å². The monoisotopic (exact) mass is 400 g/mol. The number of hydrogen-bond acceptors (Lipinski definition) is 2. The van der Waals surface area contributed by atoms with Crippen molar-refractivity contribution in [1.82, 2.24) is 0 Å². The molecule has 1 rings (SSSR count). The third-order valence-electron chi connectivity index (χ3n) is 2.91. The quantitative estimate of drug-likeness (QED) is 0.492. The van der Waals surface area contributed by atoms with Gasteiger partial charge < -0.3 is 0 Å². The minimum absolute atomic E-state index is 1.05. The SMILES string of the molecule is C[CH2][Pb]([CH2]C)([CH2]C)[S]CC1CS1. The topological polar surface area (TPSA) is 0 Å². The van der Waals surface area contributed by atoms with Gasteiger partial charge in [0, 0.05) is 0 Å². The van der Waals surface area contributed by atoms with Crippen molar-refractivity contribution in [1.29, 1.82) is 0 Å². The first kappa shape index (κ1) is 11.7. The van der Waals surface area contributed by atoms with Gasteiger partial charge in [-0.05, 0) is 0 Å². The van der Waals surface area contributed by atoms with Gasteiger partial charge in [0.1, 0.15) is 0 Å². The van der Waals surface area contributed by atoms with Gasteiger partial charge >= 0.3 is 89.2 Å². The van der Waals surface area contributed by atoms with Crippen molar-refractivity contribution in [2.45, 2.75) is 38.0 Å². The molecule has 1 aliphatic rings. The Morgan fingerprint density at radius 2 is 1.75 bits per heavy atom. The molecular weight excluding hydrogens is 379 g/mol. The first-order valence-electron chi connectivity index (χ1n) is 5.02. The molecule has 1 fully saturated rings. The van der Waals surface area contributed by atoms with E-state index in [1.54, 1.807) is 11.9 Å². The summed E-state index contributed by atoms with van der Waals surface area (Å²) >= 11 is 0.456. The fourth-order valence-electron chi connectivity index (χ4n) is 1.49. The summed E-state index contributed by atoms with van der Waals surface area (Å²) in [5.74, 6) is 2.94. The van der Waals surface area contributed by atoms with Crippen molar-refractivity contribution in [2.24, 2.45) is 0 Å². The van der Waals surface area contributed by atoms with E-state index in [9.17, 15) is 0 Å². The number of rotatable bonds is 6. The molecule has 0 aromatic heterocycles. The Morgan fingerprint density at radius 3 is 2.08 bits per heavy atom. The van der Waals surface area contributed by atoms with E-state index in [-0.39, 0.29) is 0 Å². The van der Waals surface area contributed by atoms with Gasteiger partial charge in [0.25, 0.3) is 0 Å². The van der Waals surface area contributed by atoms with Crippen LogP contribution in [0.4, 0.5) is 0 Å². The number of thioether (sulfide) groups is 1. The number of hydrogen-bond donors (Lipinski definition) is 0. The van der Waals surface area contributed by atoms with Crippen LogP contribution < -0.4 is 0 Å². The summed E-state index contributed by atoms with van der Waals surface area (Å²) in [5, 5.41) is 1.05. The van der Waals surface area contributed by atoms with Gasteiger partial charge in [-0.25, -0.2) is 0 Å². The van der Waals surface area contributed by atoms with E-state index < -0.39 is 19.7 Å². The molecule has 3 heteroatoms. The van der Waals surface area contributed by atoms with Gasteiger partial charge in [0.2, 0.25) is 0 Å². The van der Waals surface area contributed by atoms with E-state index in [2.05, 4.69) is 40.8 Å². The molecule has 1 heterocycles. The second kappa shape index (κ2) is 5.49. The van der Waals surface area contributed by atoms with Crippen molar-refractivity contribution in [3.8, 4) is 0 Å². The van der Waals surface area contributed by atoms with Crippen molar-refractivity contribution in [3.05, 3.63) is 0 Å². The van der Waals surface area contributed by atoms with E-state index in [0.717, 1.165) is 5.25 Å². The van der Waals surface area contributed by atoms with E-state index in [1.807, 2.05) is 0 Å². The molecule has 0 aromatic rings. The predicted octanol–water partition coefficient (Wildman–Crippen LogP) is 3.84. The Hall–Kier alpha value is 1.62. The van der Waals surface area contributed by atoms with E-state index in [4.69, 9.17) is 0 Å². The van der Waals surface area contributed by atoms with Crippen molar-refractivity contribution < 1.29 is 0 Å². The molecule has 1 saturated heterocycles. The van der Waals surface area contributed by atoms with E-state index in [1.165, 1.54) is 11.5 Å². The Bertz CT molecular complexity index is 122. The Balaban J connectivity index is 2.28. The van der Waals surface area contributed by atoms with Gasteiger partial charge in [0.05, 0.1) is 0 Å². The molecule has 72 valence electrons. The molecule has 0 bridgehead atoms. The first-order valence-corrected chi connectivity index (χ1v) is 20.1. The Labute approximate surface area is 88.5 Å². The summed E-state index contributed by atoms with van der Waals surface area (Å²) in [7, 11) is 2.44. The molecule has 0 nitrogen and oxygen atoms in total. The molecule has 0 saturated carbocycles. The maximum absolute atomic E-state index is 2.44. The molecule has 1 unspecified atom stereocenters. The fourth-order valence-corrected chi connectivity index (χ4v) is 24.6. The van der Waals surface area contributed by atoms with Gasteiger partial charge in [-0.2, -0.15) is 0 Å². The van der Waals surface area contributed by atoms with Crippen LogP contribution in [0.15, 0.2) is 0 Å². The molecule has 0 N–H and O–H groups in total. The van der Waals surface area contributed by atoms with Gasteiger partial charge in [-0.1, -0.05) is 0 Å². The van der Waals surface area contributed by atoms with Crippen LogP contribution in [0.25, 0.3) is 0 Å². The van der Waals surface area contributed by atoms with Crippen LogP contribution in [-0.4, -0.2) is 36.4 Å². The van der Waals surface area contributed by atoms with Gasteiger partial charge in [-0.3, -0.25) is 0 Å². The molecule has 12 heavy (non-hydrogen) atoms.